The number of aryl methyl sites for hydroxylation is 3. The number of aromatic nitrogens is 1. The van der Waals surface area contributed by atoms with Crippen LogP contribution in [0.25, 0.3) is 10.2 Å². The molecule has 0 radical (unpaired) electrons. The van der Waals surface area contributed by atoms with Gasteiger partial charge in [0.25, 0.3) is 15.9 Å². The monoisotopic (exact) mass is 525 g/mol. The lowest BCUT2D eigenvalue weighted by atomic mass is 10.0. The molecule has 0 atom stereocenters. The molecule has 180 valence electrons. The summed E-state index contributed by atoms with van der Waals surface area (Å²) in [6.07, 6.45) is 1.63. The van der Waals surface area contributed by atoms with Gasteiger partial charge in [0.15, 0.2) is 4.80 Å². The maximum Gasteiger partial charge on any atom is 0.279 e. The van der Waals surface area contributed by atoms with Gasteiger partial charge >= 0.3 is 0 Å². The molecule has 6 nitrogen and oxygen atoms in total. The second-order valence-electron chi connectivity index (χ2n) is 8.45. The molecule has 5 rings (SSSR count). The van der Waals surface area contributed by atoms with Crippen molar-refractivity contribution in [3.8, 4) is 0 Å². The summed E-state index contributed by atoms with van der Waals surface area (Å²) < 4.78 is 31.2. The van der Waals surface area contributed by atoms with Crippen LogP contribution in [0.3, 0.4) is 0 Å². The number of rotatable bonds is 4. The number of para-hydroxylation sites is 1. The SMILES string of the molecule is CCn1c(=NC(=O)c2ccc(S(=O)(=O)N3CCCc4ccccc43)cc2)sc2cc(Cl)cc(C)c21. The number of nitrogens with zero attached hydrogens (tertiary/aromatic N) is 3. The second-order valence-corrected chi connectivity index (χ2v) is 11.8. The molecule has 0 fully saturated rings. The number of hydrogen-bond donors (Lipinski definition) is 0. The van der Waals surface area contributed by atoms with E-state index in [1.807, 2.05) is 54.8 Å². The molecule has 1 amide bonds. The van der Waals surface area contributed by atoms with Gasteiger partial charge in [-0.15, -0.1) is 0 Å². The molecule has 0 saturated carbocycles. The van der Waals surface area contributed by atoms with E-state index in [0.29, 0.717) is 28.5 Å². The molecule has 1 aliphatic heterocycles. The summed E-state index contributed by atoms with van der Waals surface area (Å²) >= 11 is 7.62. The predicted octanol–water partition coefficient (Wildman–Crippen LogP) is 5.57. The lowest BCUT2D eigenvalue weighted by molar-refractivity contribution is 0.0997. The van der Waals surface area contributed by atoms with Gasteiger partial charge in [-0.3, -0.25) is 9.10 Å². The normalized spacial score (nSPS) is 14.4. The molecule has 0 spiro atoms. The molecule has 0 bridgehead atoms. The summed E-state index contributed by atoms with van der Waals surface area (Å²) in [4.78, 5) is 18.1. The topological polar surface area (TPSA) is 71.7 Å². The molecule has 4 aromatic rings. The summed E-state index contributed by atoms with van der Waals surface area (Å²) in [6.45, 7) is 5.07. The first kappa shape index (κ1) is 23.8. The molecule has 0 unspecified atom stereocenters. The number of amides is 1. The van der Waals surface area contributed by atoms with Crippen LogP contribution >= 0.6 is 22.9 Å². The smallest absolute Gasteiger partial charge is 0.279 e. The van der Waals surface area contributed by atoms with Gasteiger partial charge in [-0.1, -0.05) is 41.1 Å². The summed E-state index contributed by atoms with van der Waals surface area (Å²) in [6, 6.07) is 17.4. The van der Waals surface area contributed by atoms with Crippen molar-refractivity contribution in [3.05, 3.63) is 87.2 Å². The van der Waals surface area contributed by atoms with Crippen LogP contribution < -0.4 is 9.11 Å². The molecule has 0 aliphatic carbocycles. The van der Waals surface area contributed by atoms with E-state index >= 15 is 0 Å². The molecule has 0 N–H and O–H groups in total. The van der Waals surface area contributed by atoms with Gasteiger partial charge < -0.3 is 4.57 Å². The number of halogens is 1. The van der Waals surface area contributed by atoms with Gasteiger partial charge in [-0.2, -0.15) is 4.99 Å². The minimum atomic E-state index is -3.74. The Balaban J connectivity index is 1.48. The van der Waals surface area contributed by atoms with Crippen molar-refractivity contribution >= 4 is 54.8 Å². The number of anilines is 1. The number of hydrogen-bond acceptors (Lipinski definition) is 4. The quantitative estimate of drug-likeness (QED) is 0.350. The Kier molecular flexibility index (Phi) is 6.29. The van der Waals surface area contributed by atoms with Crippen LogP contribution in [0.4, 0.5) is 5.69 Å². The molecular formula is C26H24ClN3O3S2. The van der Waals surface area contributed by atoms with Gasteiger partial charge in [0.1, 0.15) is 0 Å². The maximum atomic E-state index is 13.4. The van der Waals surface area contributed by atoms with Gasteiger partial charge in [0, 0.05) is 23.7 Å². The first-order chi connectivity index (χ1) is 16.8. The van der Waals surface area contributed by atoms with E-state index in [2.05, 4.69) is 4.99 Å². The molecule has 35 heavy (non-hydrogen) atoms. The molecule has 1 aliphatic rings. The lowest BCUT2D eigenvalue weighted by Crippen LogP contribution is -2.35. The van der Waals surface area contributed by atoms with Crippen molar-refractivity contribution in [2.24, 2.45) is 4.99 Å². The number of carbonyl (C=O) groups excluding carboxylic acids is 1. The zero-order valence-corrected chi connectivity index (χ0v) is 21.8. The third-order valence-corrected chi connectivity index (χ3v) is 9.27. The fourth-order valence-electron chi connectivity index (χ4n) is 4.55. The Hall–Kier alpha value is -2.94. The van der Waals surface area contributed by atoms with Crippen molar-refractivity contribution in [1.29, 1.82) is 0 Å². The molecule has 1 aromatic heterocycles. The minimum absolute atomic E-state index is 0.154. The van der Waals surface area contributed by atoms with Crippen molar-refractivity contribution in [2.45, 2.75) is 38.1 Å². The van der Waals surface area contributed by atoms with Crippen molar-refractivity contribution in [3.63, 3.8) is 0 Å². The lowest BCUT2D eigenvalue weighted by Gasteiger charge is -2.30. The van der Waals surface area contributed by atoms with Crippen LogP contribution in [0, 0.1) is 6.92 Å². The number of carbonyl (C=O) groups is 1. The fourth-order valence-corrected chi connectivity index (χ4v) is 7.64. The zero-order chi connectivity index (χ0) is 24.7. The highest BCUT2D eigenvalue weighted by Crippen LogP contribution is 2.32. The van der Waals surface area contributed by atoms with Crippen LogP contribution in [-0.4, -0.2) is 25.4 Å². The number of sulfonamides is 1. The number of fused-ring (bicyclic) bond motifs is 2. The van der Waals surface area contributed by atoms with E-state index in [4.69, 9.17) is 11.6 Å². The second kappa shape index (κ2) is 9.26. The van der Waals surface area contributed by atoms with Crippen molar-refractivity contribution in [1.82, 2.24) is 4.57 Å². The van der Waals surface area contributed by atoms with Crippen LogP contribution in [0.15, 0.2) is 70.6 Å². The van der Waals surface area contributed by atoms with Gasteiger partial charge in [0.2, 0.25) is 0 Å². The predicted molar refractivity (Wildman–Crippen MR) is 141 cm³/mol. The Morgan fingerprint density at radius 3 is 2.60 bits per heavy atom. The highest BCUT2D eigenvalue weighted by molar-refractivity contribution is 7.92. The van der Waals surface area contributed by atoms with E-state index in [1.165, 1.54) is 39.9 Å². The third-order valence-electron chi connectivity index (χ3n) is 6.20. The van der Waals surface area contributed by atoms with Gasteiger partial charge in [-0.05, 0) is 80.3 Å². The standard InChI is InChI=1S/C26H24ClN3O3S2/c1-3-29-24-17(2)15-20(27)16-23(24)34-26(29)28-25(31)19-10-12-21(13-11-19)35(32,33)30-14-6-8-18-7-4-5-9-22(18)30/h4-5,7,9-13,15-16H,3,6,8,14H2,1-2H3. The largest absolute Gasteiger partial charge is 0.316 e. The van der Waals surface area contributed by atoms with E-state index < -0.39 is 15.9 Å². The summed E-state index contributed by atoms with van der Waals surface area (Å²) in [7, 11) is -3.74. The Labute approximate surface area is 213 Å². The molecular weight excluding hydrogens is 502 g/mol. The van der Waals surface area contributed by atoms with Crippen LogP contribution in [0.1, 0.15) is 34.8 Å². The van der Waals surface area contributed by atoms with Crippen LogP contribution in [-0.2, 0) is 23.0 Å². The van der Waals surface area contributed by atoms with Gasteiger partial charge in [-0.25, -0.2) is 8.42 Å². The van der Waals surface area contributed by atoms with Crippen molar-refractivity contribution < 1.29 is 13.2 Å². The van der Waals surface area contributed by atoms with Gasteiger partial charge in [0.05, 0.1) is 20.8 Å². The van der Waals surface area contributed by atoms with Crippen LogP contribution in [0.5, 0.6) is 0 Å². The van der Waals surface area contributed by atoms with E-state index in [0.717, 1.165) is 39.9 Å². The minimum Gasteiger partial charge on any atom is -0.316 e. The number of benzene rings is 3. The average Bonchev–Trinajstić information content (AvgIpc) is 3.20. The fraction of sp³-hybridized carbons (Fsp3) is 0.231. The Morgan fingerprint density at radius 1 is 1.11 bits per heavy atom. The van der Waals surface area contributed by atoms with Crippen molar-refractivity contribution in [2.75, 3.05) is 10.8 Å². The molecule has 2 heterocycles. The first-order valence-corrected chi connectivity index (χ1v) is 14.0. The Morgan fingerprint density at radius 2 is 1.86 bits per heavy atom. The Bertz CT molecular complexity index is 1620. The van der Waals surface area contributed by atoms with E-state index in [1.54, 1.807) is 0 Å². The number of thiazole rings is 1. The third kappa shape index (κ3) is 4.30. The summed E-state index contributed by atoms with van der Waals surface area (Å²) in [5.41, 5.74) is 4.11. The average molecular weight is 526 g/mol. The highest BCUT2D eigenvalue weighted by atomic mass is 35.5. The maximum absolute atomic E-state index is 13.4. The first-order valence-electron chi connectivity index (χ1n) is 11.4. The zero-order valence-electron chi connectivity index (χ0n) is 19.4. The van der Waals surface area contributed by atoms with E-state index in [-0.39, 0.29) is 4.90 Å². The highest BCUT2D eigenvalue weighted by Gasteiger charge is 2.29. The summed E-state index contributed by atoms with van der Waals surface area (Å²) in [5.74, 6) is -0.422. The summed E-state index contributed by atoms with van der Waals surface area (Å²) in [5, 5.41) is 0.644. The molecule has 3 aromatic carbocycles. The van der Waals surface area contributed by atoms with E-state index in [9.17, 15) is 13.2 Å². The molecule has 0 saturated heterocycles. The van der Waals surface area contributed by atoms with Crippen LogP contribution in [0.2, 0.25) is 5.02 Å². The molecule has 9 heteroatoms.